The number of hydrogen-bond acceptors (Lipinski definition) is 51. The first kappa shape index (κ1) is 113. The number of fused-ring (bicyclic) bond motifs is 3. The third-order valence-electron chi connectivity index (χ3n) is 23.8. The van der Waals surface area contributed by atoms with Gasteiger partial charge in [0.05, 0.1) is 130 Å². The van der Waals surface area contributed by atoms with Crippen LogP contribution < -0.4 is 62.2 Å². The van der Waals surface area contributed by atoms with Gasteiger partial charge >= 0.3 is 53.1 Å². The van der Waals surface area contributed by atoms with Crippen molar-refractivity contribution in [2.45, 2.75) is 182 Å². The van der Waals surface area contributed by atoms with Crippen LogP contribution in [-0.2, 0) is 144 Å². The van der Waals surface area contributed by atoms with Crippen LogP contribution in [0.3, 0.4) is 0 Å². The first-order chi connectivity index (χ1) is 70.0. The van der Waals surface area contributed by atoms with Crippen molar-refractivity contribution in [3.05, 3.63) is 133 Å². The van der Waals surface area contributed by atoms with E-state index in [0.29, 0.717) is 0 Å². The second-order valence-corrected chi connectivity index (χ2v) is 45.0. The maximum atomic E-state index is 15.7. The number of nitrogen functional groups attached to an aromatic ring is 4. The predicted octanol–water partition coefficient (Wildman–Crippen LogP) is -0.269. The fourth-order valence-electron chi connectivity index (χ4n) is 16.9. The number of H-pyrrole nitrogens is 4. The van der Waals surface area contributed by atoms with Crippen molar-refractivity contribution >= 4 is 130 Å². The minimum absolute atomic E-state index is 0.00765. The molecule has 147 heavy (non-hydrogen) atoms. The molecule has 812 valence electrons. The van der Waals surface area contributed by atoms with Gasteiger partial charge in [-0.1, -0.05) is 43.7 Å². The Morgan fingerprint density at radius 2 is 0.748 bits per heavy atom. The molecule has 28 atom stereocenters. The zero-order chi connectivity index (χ0) is 106. The van der Waals surface area contributed by atoms with Crippen LogP contribution in [0.5, 0.6) is 0 Å². The molecular weight excluding hydrogens is 2130 g/mol. The molecule has 71 heteroatoms. The number of aromatic amines is 4. The Balaban J connectivity index is 0.731. The summed E-state index contributed by atoms with van der Waals surface area (Å²) in [7, 11) is -5.15. The van der Waals surface area contributed by atoms with Crippen LogP contribution in [-0.4, -0.2) is 341 Å². The van der Waals surface area contributed by atoms with Crippen molar-refractivity contribution in [2.24, 2.45) is 0 Å². The highest BCUT2D eigenvalue weighted by molar-refractivity contribution is 8.45. The van der Waals surface area contributed by atoms with Crippen LogP contribution >= 0.6 is 72.8 Å². The molecule has 0 saturated carbocycles. The Morgan fingerprint density at radius 1 is 0.388 bits per heavy atom. The summed E-state index contributed by atoms with van der Waals surface area (Å²) in [6.45, 7) is -16.3. The lowest BCUT2D eigenvalue weighted by atomic mass is 10.1. The molecule has 6 fully saturated rings. The monoisotopic (exact) mass is 2240 g/mol. The number of phosphoric acid groups is 2. The lowest BCUT2D eigenvalue weighted by Gasteiger charge is -2.29. The van der Waals surface area contributed by atoms with E-state index in [1.807, 2.05) is 0 Å². The summed E-state index contributed by atoms with van der Waals surface area (Å²) in [5.74, 6) is -1.16. The summed E-state index contributed by atoms with van der Waals surface area (Å²) in [5, 5.41) is 11.8. The number of aromatic nitrogens is 18. The SMILES string of the molecule is CC[C@H]1O[C@@H](n2cc(C)c(=O)[nH]c2=O)C[C@H]1OP(=O)(S)OC[C@H]1O[C@@H](n2cnc3c(=O)[nH]c(N)nc32)C(OCCOC)[C@H]1OP(=O)(O)OC[C@H]1O[C@@H](n2cnc3c(=O)[nH]c(N)nc32)C(OCCOC)[C@H]1OP(=O)(O)OC[C@H]1O[C@@H](n2cnc3c(N)ncnc32)C(OCCOC)[C@H]1OP(=O)(S)OC[C@H]1O[C@@H](n2cc(C)c(N)nc2=O)C(OCCOC)[C@H]1OP(=O)(S)OC[C@H]1O[C@@H](n2cc(C)c(=O)[nH]c2=O)C(OCCOC)[C@H]1O. The number of nitrogens with two attached hydrogens (primary N) is 4. The Hall–Kier alpha value is -8.27. The summed E-state index contributed by atoms with van der Waals surface area (Å²) in [6, 6.07) is 0. The van der Waals surface area contributed by atoms with E-state index in [0.717, 1.165) is 41.8 Å². The van der Waals surface area contributed by atoms with Gasteiger partial charge in [-0.05, 0) is 27.2 Å². The molecule has 0 aromatic carbocycles. The molecule has 0 bridgehead atoms. The smallest absolute Gasteiger partial charge is 0.387 e. The Morgan fingerprint density at radius 3 is 1.18 bits per heavy atom. The fraction of sp³-hybridized carbons (Fsp3) is 0.645. The second kappa shape index (κ2) is 48.4. The van der Waals surface area contributed by atoms with Gasteiger partial charge in [-0.15, -0.1) is 0 Å². The quantitative estimate of drug-likeness (QED) is 0.0133. The summed E-state index contributed by atoms with van der Waals surface area (Å²) < 4.78 is 240. The summed E-state index contributed by atoms with van der Waals surface area (Å²) in [6.07, 6.45) is -29.4. The largest absolute Gasteiger partial charge is 0.472 e. The molecule has 6 aliphatic heterocycles. The fourth-order valence-corrected chi connectivity index (χ4v) is 23.3. The van der Waals surface area contributed by atoms with Crippen molar-refractivity contribution in [1.29, 1.82) is 0 Å². The van der Waals surface area contributed by atoms with E-state index in [1.165, 1.54) is 85.8 Å². The van der Waals surface area contributed by atoms with Crippen LogP contribution in [0.4, 0.5) is 23.5 Å². The lowest BCUT2D eigenvalue weighted by molar-refractivity contribution is -0.0830. The van der Waals surface area contributed by atoms with Crippen LogP contribution in [0.15, 0.2) is 77.5 Å². The number of ether oxygens (including phenoxy) is 16. The third kappa shape index (κ3) is 26.3. The van der Waals surface area contributed by atoms with Crippen LogP contribution in [0, 0.1) is 20.8 Å². The Labute approximate surface area is 844 Å². The summed E-state index contributed by atoms with van der Waals surface area (Å²) in [4.78, 5) is 160. The van der Waals surface area contributed by atoms with Crippen LogP contribution in [0.1, 0.15) is 73.8 Å². The molecule has 63 nitrogen and oxygen atoms in total. The lowest BCUT2D eigenvalue weighted by Crippen LogP contribution is -2.41. The Kier molecular flexibility index (Phi) is 37.1. The van der Waals surface area contributed by atoms with Crippen molar-refractivity contribution in [2.75, 3.05) is 158 Å². The van der Waals surface area contributed by atoms with Gasteiger partial charge in [-0.3, -0.25) is 112 Å². The van der Waals surface area contributed by atoms with Gasteiger partial charge in [-0.2, -0.15) is 15.0 Å². The van der Waals surface area contributed by atoms with E-state index < -0.39 is 268 Å². The van der Waals surface area contributed by atoms with Crippen molar-refractivity contribution in [1.82, 2.24) is 87.2 Å². The number of aliphatic hydroxyl groups is 1. The number of hydrogen-bond donors (Lipinski definition) is 14. The van der Waals surface area contributed by atoms with Crippen molar-refractivity contribution < 1.29 is 159 Å². The zero-order valence-electron chi connectivity index (χ0n) is 79.3. The van der Waals surface area contributed by atoms with Gasteiger partial charge in [-0.25, -0.2) is 62.1 Å². The molecular formula is C76H109N22O41P5S3. The first-order valence-electron chi connectivity index (χ1n) is 44.8. The number of methoxy groups -OCH3 is 5. The first-order valence-corrected chi connectivity index (χ1v) is 55.8. The van der Waals surface area contributed by atoms with Gasteiger partial charge in [0, 0.05) is 77.3 Å². The highest BCUT2D eigenvalue weighted by Crippen LogP contribution is 2.62. The normalized spacial score (nSPS) is 29.0. The van der Waals surface area contributed by atoms with Crippen LogP contribution in [0.25, 0.3) is 33.5 Å². The van der Waals surface area contributed by atoms with E-state index in [4.69, 9.17) is 144 Å². The number of rotatable bonds is 52. The number of phosphoric ester groups is 2. The molecule has 0 amide bonds. The van der Waals surface area contributed by atoms with Crippen molar-refractivity contribution in [3.63, 3.8) is 0 Å². The van der Waals surface area contributed by atoms with Gasteiger partial charge in [0.25, 0.3) is 22.2 Å². The van der Waals surface area contributed by atoms with Crippen LogP contribution in [0.2, 0.25) is 0 Å². The maximum absolute atomic E-state index is 15.7. The van der Waals surface area contributed by atoms with E-state index >= 15 is 18.3 Å². The van der Waals surface area contributed by atoms with E-state index in [9.17, 15) is 53.0 Å². The number of aliphatic hydroxyl groups excluding tert-OH is 1. The number of nitrogens with one attached hydrogen (secondary N) is 4. The summed E-state index contributed by atoms with van der Waals surface area (Å²) in [5.41, 5.74) is 18.0. The molecule has 0 spiro atoms. The van der Waals surface area contributed by atoms with Crippen molar-refractivity contribution in [3.8, 4) is 0 Å². The molecule has 9 aromatic heterocycles. The highest BCUT2D eigenvalue weighted by atomic mass is 32.7. The molecule has 10 unspecified atom stereocenters. The number of anilines is 4. The maximum Gasteiger partial charge on any atom is 0.472 e. The number of thiol groups is 3. The molecule has 15 rings (SSSR count). The van der Waals surface area contributed by atoms with E-state index in [2.05, 4.69) is 96.6 Å². The summed E-state index contributed by atoms with van der Waals surface area (Å²) >= 11 is 13.1. The van der Waals surface area contributed by atoms with Gasteiger partial charge in [0.2, 0.25) is 11.9 Å². The van der Waals surface area contributed by atoms with Gasteiger partial charge < -0.3 is 114 Å². The molecule has 0 radical (unpaired) electrons. The molecule has 6 aliphatic rings. The minimum Gasteiger partial charge on any atom is -0.387 e. The standard InChI is InChI=1S/C76H109N22O41P5S3/c1-10-37-38(21-44(129-37)93-23-35(3)63(100)91-75(93)105)135-142(111,145)127-28-42-50(55(121-18-13-116-7)71(134-42)98-33-85-47-62(98)88-73(80)90-66(47)103)137-140(107,108)124-26-40-49(54(120-17-12-115-6)70(132-40)97-32-84-46-61(97)87-72(79)89-65(46)102)136-141(109,110)125-27-41-51(57(123-20-15-118-9)69(133-41)96-31-83-45-59(78)81-30-82-60(45)96)138-144(113,147)128-29-43-52(56(122-19-14-117-8)68(131-43)94-22-34(2)58(77)86-74(94)104)139-143(112,146)126-25-39-48(99)53(119-16-11-114-5)67(130-39)95-24-36(4)64(101)92-76(95)106/h22-24,30-33,37-44,48-57,67-71,99H,10-21,25-29H2,1-9H3,(H,107,108)(H,109,110)(H,111,145)(H,112,146)(H,113,147)(H2,77,86,104)(H2,78,81,82)(H,91,100,105)(H,92,101,106)(H3,79,87,89,102)(H3,80,88,90,103)/t37-,38-,39-,40-,41-,42-,43-,44-,48+,49+,50+,51+,52+,53?,54?,55?,56?,57?,67-,68-,69-,70-,71-,142?,143?,144?/m1/s1. The second-order valence-electron chi connectivity index (χ2n) is 33.6. The minimum atomic E-state index is -5.95. The molecule has 9 aromatic rings. The Bertz CT molecular complexity index is 6840. The number of nitrogens with zero attached hydrogens (tertiary/aromatic N) is 14. The zero-order valence-corrected chi connectivity index (χ0v) is 86.5. The number of aryl methyl sites for hydroxylation is 3. The highest BCUT2D eigenvalue weighted by Gasteiger charge is 2.59. The molecule has 15 N–H and O–H groups in total. The molecule has 0 aliphatic carbocycles. The topological polar surface area (TPSA) is 805 Å². The third-order valence-corrected chi connectivity index (χ3v) is 30.6. The molecule has 15 heterocycles. The molecule has 6 saturated heterocycles. The van der Waals surface area contributed by atoms with E-state index in [-0.39, 0.29) is 134 Å². The average molecular weight is 2240 g/mol. The average Bonchev–Trinajstić information content (AvgIpc) is 2.49. The predicted molar refractivity (Wildman–Crippen MR) is 511 cm³/mol. The van der Waals surface area contributed by atoms with Gasteiger partial charge in [0.1, 0.15) is 115 Å². The van der Waals surface area contributed by atoms with E-state index in [1.54, 1.807) is 6.92 Å². The number of imidazole rings is 3. The van der Waals surface area contributed by atoms with Gasteiger partial charge in [0.15, 0.2) is 64.9 Å².